The fourth-order valence-electron chi connectivity index (χ4n) is 4.66. The van der Waals surface area contributed by atoms with Gasteiger partial charge in [0.25, 0.3) is 0 Å². The van der Waals surface area contributed by atoms with Gasteiger partial charge in [0.2, 0.25) is 5.82 Å². The zero-order chi connectivity index (χ0) is 28.1. The van der Waals surface area contributed by atoms with Gasteiger partial charge >= 0.3 is 5.97 Å². The average Bonchev–Trinajstić information content (AvgIpc) is 2.95. The number of hydrogen-bond acceptors (Lipinski definition) is 4. The summed E-state index contributed by atoms with van der Waals surface area (Å²) in [4.78, 5) is 16.1. The van der Waals surface area contributed by atoms with Gasteiger partial charge in [-0.2, -0.15) is 0 Å². The molecule has 1 saturated heterocycles. The van der Waals surface area contributed by atoms with Crippen LogP contribution in [0.1, 0.15) is 28.4 Å². The molecule has 1 heterocycles. The summed E-state index contributed by atoms with van der Waals surface area (Å²) in [7, 11) is 0. The third kappa shape index (κ3) is 5.97. The molecule has 206 valence electrons. The Balaban J connectivity index is 1.59. The van der Waals surface area contributed by atoms with Crippen LogP contribution >= 0.6 is 0 Å². The Morgan fingerprint density at radius 1 is 0.872 bits per heavy atom. The number of nitrogens with zero attached hydrogens (tertiary/aromatic N) is 2. The fraction of sp³-hybridized carbons (Fsp3) is 0.276. The Labute approximate surface area is 222 Å². The van der Waals surface area contributed by atoms with E-state index >= 15 is 0 Å². The first-order valence-electron chi connectivity index (χ1n) is 12.4. The zero-order valence-electron chi connectivity index (χ0n) is 21.2. The molecule has 39 heavy (non-hydrogen) atoms. The van der Waals surface area contributed by atoms with Gasteiger partial charge in [0, 0.05) is 49.5 Å². The maximum absolute atomic E-state index is 14.9. The standard InChI is InChI=1S/C29H27F5N2O3/c1-2-6-19-21(36-13-11-35(12-14-36)15-16-39-17-18-7-4-3-5-8-18)10-9-20(29(37)38)22(19)23-24(30)26(32)28(34)27(33)25(23)31/h2-10H,11-17H2,1H3,(H,37,38). The Kier molecular flexibility index (Phi) is 8.98. The number of aromatic carboxylic acids is 1. The Morgan fingerprint density at radius 3 is 2.08 bits per heavy atom. The lowest BCUT2D eigenvalue weighted by molar-refractivity contribution is 0.0697. The summed E-state index contributed by atoms with van der Waals surface area (Å²) in [5.74, 6) is -12.3. The van der Waals surface area contributed by atoms with Crippen molar-refractivity contribution in [2.24, 2.45) is 0 Å². The summed E-state index contributed by atoms with van der Waals surface area (Å²) >= 11 is 0. The van der Waals surface area contributed by atoms with Crippen LogP contribution in [0, 0.1) is 29.1 Å². The van der Waals surface area contributed by atoms with Crippen LogP contribution in [0.2, 0.25) is 0 Å². The number of allylic oxidation sites excluding steroid dienone is 1. The predicted molar refractivity (Wildman–Crippen MR) is 138 cm³/mol. The van der Waals surface area contributed by atoms with E-state index in [1.165, 1.54) is 18.2 Å². The van der Waals surface area contributed by atoms with Gasteiger partial charge in [0.15, 0.2) is 23.3 Å². The summed E-state index contributed by atoms with van der Waals surface area (Å²) in [6.45, 7) is 5.56. The van der Waals surface area contributed by atoms with Crippen LogP contribution in [0.3, 0.4) is 0 Å². The first kappa shape index (κ1) is 28.3. The first-order valence-corrected chi connectivity index (χ1v) is 12.4. The van der Waals surface area contributed by atoms with Crippen molar-refractivity contribution in [3.63, 3.8) is 0 Å². The smallest absolute Gasteiger partial charge is 0.336 e. The molecule has 0 saturated carbocycles. The maximum atomic E-state index is 14.9. The van der Waals surface area contributed by atoms with Gasteiger partial charge in [0.05, 0.1) is 24.3 Å². The van der Waals surface area contributed by atoms with E-state index in [2.05, 4.69) is 4.90 Å². The predicted octanol–water partition coefficient (Wildman–Crippen LogP) is 6.12. The molecular weight excluding hydrogens is 519 g/mol. The molecule has 1 N–H and O–H groups in total. The van der Waals surface area contributed by atoms with Gasteiger partial charge in [-0.15, -0.1) is 0 Å². The Morgan fingerprint density at radius 2 is 1.49 bits per heavy atom. The van der Waals surface area contributed by atoms with Gasteiger partial charge in [-0.1, -0.05) is 42.5 Å². The van der Waals surface area contributed by atoms with E-state index in [9.17, 15) is 31.9 Å². The minimum atomic E-state index is -2.31. The fourth-order valence-corrected chi connectivity index (χ4v) is 4.66. The molecule has 0 unspecified atom stereocenters. The van der Waals surface area contributed by atoms with Crippen LogP contribution < -0.4 is 4.90 Å². The van der Waals surface area contributed by atoms with Crippen molar-refractivity contribution < 1.29 is 36.6 Å². The summed E-state index contributed by atoms with van der Waals surface area (Å²) in [5.41, 5.74) is -0.856. The van der Waals surface area contributed by atoms with E-state index in [-0.39, 0.29) is 5.56 Å². The van der Waals surface area contributed by atoms with Crippen molar-refractivity contribution in [3.8, 4) is 11.1 Å². The van der Waals surface area contributed by atoms with Crippen LogP contribution in [0.5, 0.6) is 0 Å². The number of ether oxygens (including phenoxy) is 1. The van der Waals surface area contributed by atoms with Gasteiger partial charge in [0.1, 0.15) is 0 Å². The highest BCUT2D eigenvalue weighted by atomic mass is 19.2. The van der Waals surface area contributed by atoms with Crippen LogP contribution in [-0.4, -0.2) is 55.3 Å². The number of hydrogen-bond donors (Lipinski definition) is 1. The van der Waals surface area contributed by atoms with Crippen LogP contribution in [-0.2, 0) is 11.3 Å². The van der Waals surface area contributed by atoms with Crippen LogP contribution in [0.15, 0.2) is 48.5 Å². The number of carboxylic acid groups (broad SMARTS) is 1. The molecule has 10 heteroatoms. The summed E-state index contributed by atoms with van der Waals surface area (Å²) in [6, 6.07) is 12.4. The molecule has 3 aromatic rings. The summed E-state index contributed by atoms with van der Waals surface area (Å²) < 4.78 is 77.4. The molecule has 0 aromatic heterocycles. The minimum absolute atomic E-state index is 0.0558. The minimum Gasteiger partial charge on any atom is -0.478 e. The van der Waals surface area contributed by atoms with E-state index in [4.69, 9.17) is 4.74 Å². The third-order valence-electron chi connectivity index (χ3n) is 6.62. The highest BCUT2D eigenvalue weighted by molar-refractivity contribution is 6.01. The molecule has 4 rings (SSSR count). The SMILES string of the molecule is CC=Cc1c(N2CCN(CCOCc3ccccc3)CC2)ccc(C(=O)O)c1-c1c(F)c(F)c(F)c(F)c1F. The van der Waals surface area contributed by atoms with Crippen molar-refractivity contribution in [1.29, 1.82) is 0 Å². The number of carbonyl (C=O) groups is 1. The molecule has 0 radical (unpaired) electrons. The number of rotatable bonds is 9. The Hall–Kier alpha value is -3.76. The van der Waals surface area contributed by atoms with Crippen molar-refractivity contribution in [2.45, 2.75) is 13.5 Å². The highest BCUT2D eigenvalue weighted by Gasteiger charge is 2.32. The van der Waals surface area contributed by atoms with Crippen molar-refractivity contribution in [3.05, 3.63) is 94.3 Å². The van der Waals surface area contributed by atoms with Gasteiger partial charge in [-0.3, -0.25) is 4.90 Å². The lowest BCUT2D eigenvalue weighted by Crippen LogP contribution is -2.47. The Bertz CT molecular complexity index is 1340. The van der Waals surface area contributed by atoms with E-state index < -0.39 is 51.7 Å². The molecule has 5 nitrogen and oxygen atoms in total. The van der Waals surface area contributed by atoms with Gasteiger partial charge in [-0.25, -0.2) is 26.7 Å². The second-order valence-electron chi connectivity index (χ2n) is 9.04. The van der Waals surface area contributed by atoms with E-state index in [1.54, 1.807) is 6.92 Å². The molecule has 0 bridgehead atoms. The summed E-state index contributed by atoms with van der Waals surface area (Å²) in [6.07, 6.45) is 2.93. The number of piperazine rings is 1. The number of benzene rings is 3. The number of halogens is 5. The lowest BCUT2D eigenvalue weighted by atomic mass is 9.90. The van der Waals surface area contributed by atoms with Gasteiger partial charge in [-0.05, 0) is 24.6 Å². The second kappa shape index (κ2) is 12.4. The molecule has 0 amide bonds. The van der Waals surface area contributed by atoms with Crippen molar-refractivity contribution >= 4 is 17.7 Å². The van der Waals surface area contributed by atoms with Crippen LogP contribution in [0.25, 0.3) is 17.2 Å². The van der Waals surface area contributed by atoms with E-state index in [0.29, 0.717) is 51.6 Å². The normalized spacial score (nSPS) is 14.4. The molecule has 3 aromatic carbocycles. The first-order chi connectivity index (χ1) is 18.7. The molecule has 1 fully saturated rings. The van der Waals surface area contributed by atoms with E-state index in [1.807, 2.05) is 35.2 Å². The average molecular weight is 547 g/mol. The molecular formula is C29H27F5N2O3. The molecule has 0 atom stereocenters. The van der Waals surface area contributed by atoms with E-state index in [0.717, 1.165) is 11.6 Å². The monoisotopic (exact) mass is 546 g/mol. The largest absolute Gasteiger partial charge is 0.478 e. The molecule has 0 spiro atoms. The maximum Gasteiger partial charge on any atom is 0.336 e. The second-order valence-corrected chi connectivity index (χ2v) is 9.04. The number of anilines is 1. The van der Waals surface area contributed by atoms with Gasteiger partial charge < -0.3 is 14.7 Å². The number of carboxylic acids is 1. The van der Waals surface area contributed by atoms with Crippen LogP contribution in [0.4, 0.5) is 27.6 Å². The molecule has 1 aliphatic rings. The van der Waals surface area contributed by atoms with Crippen molar-refractivity contribution in [2.75, 3.05) is 44.2 Å². The lowest BCUT2D eigenvalue weighted by Gasteiger charge is -2.37. The molecule has 1 aliphatic heterocycles. The zero-order valence-corrected chi connectivity index (χ0v) is 21.2. The third-order valence-corrected chi connectivity index (χ3v) is 6.62. The molecule has 0 aliphatic carbocycles. The quantitative estimate of drug-likeness (QED) is 0.152. The highest BCUT2D eigenvalue weighted by Crippen LogP contribution is 2.40. The summed E-state index contributed by atoms with van der Waals surface area (Å²) in [5, 5.41) is 9.74. The topological polar surface area (TPSA) is 53.0 Å². The van der Waals surface area contributed by atoms with Crippen molar-refractivity contribution in [1.82, 2.24) is 4.90 Å².